The first-order valence-corrected chi connectivity index (χ1v) is 10.3. The van der Waals surface area contributed by atoms with Gasteiger partial charge < -0.3 is 19.4 Å². The van der Waals surface area contributed by atoms with Crippen LogP contribution in [-0.2, 0) is 9.53 Å². The van der Waals surface area contributed by atoms with Crippen LogP contribution in [0.5, 0.6) is 0 Å². The summed E-state index contributed by atoms with van der Waals surface area (Å²) in [4.78, 5) is 31.6. The maximum atomic E-state index is 13.2. The molecule has 0 saturated carbocycles. The Balaban J connectivity index is 1.40. The van der Waals surface area contributed by atoms with Crippen molar-refractivity contribution in [3.05, 3.63) is 28.8 Å². The van der Waals surface area contributed by atoms with Gasteiger partial charge in [-0.05, 0) is 37.5 Å². The largest absolute Gasteiger partial charge is 0.370 e. The van der Waals surface area contributed by atoms with Gasteiger partial charge in [-0.2, -0.15) is 0 Å². The fraction of sp³-hybridized carbons (Fsp3) is 0.600. The van der Waals surface area contributed by atoms with Crippen LogP contribution in [0.15, 0.2) is 18.2 Å². The van der Waals surface area contributed by atoms with Crippen LogP contribution in [0.25, 0.3) is 0 Å². The van der Waals surface area contributed by atoms with E-state index in [-0.39, 0.29) is 17.9 Å². The number of hydrogen-bond acceptors (Lipinski definition) is 4. The van der Waals surface area contributed by atoms with Crippen molar-refractivity contribution in [2.24, 2.45) is 0 Å². The molecule has 1 spiro atoms. The van der Waals surface area contributed by atoms with Gasteiger partial charge in [0.25, 0.3) is 5.91 Å². The zero-order valence-corrected chi connectivity index (χ0v) is 16.1. The Hall–Kier alpha value is -1.79. The highest BCUT2D eigenvalue weighted by Crippen LogP contribution is 2.45. The molecule has 4 heterocycles. The Labute approximate surface area is 164 Å². The molecule has 144 valence electrons. The first kappa shape index (κ1) is 17.3. The molecule has 0 radical (unpaired) electrons. The quantitative estimate of drug-likeness (QED) is 0.779. The fourth-order valence-electron chi connectivity index (χ4n) is 5.21. The van der Waals surface area contributed by atoms with E-state index in [2.05, 4.69) is 4.90 Å². The molecule has 1 aromatic rings. The number of likely N-dealkylation sites (tertiary alicyclic amines) is 1. The lowest BCUT2D eigenvalue weighted by Gasteiger charge is -2.42. The fourth-order valence-corrected chi connectivity index (χ4v) is 5.51. The normalized spacial score (nSPS) is 30.0. The zero-order valence-electron chi connectivity index (χ0n) is 15.3. The summed E-state index contributed by atoms with van der Waals surface area (Å²) in [6.07, 6.45) is 4.26. The predicted octanol–water partition coefficient (Wildman–Crippen LogP) is 2.50. The third-order valence-electron chi connectivity index (χ3n) is 6.51. The Bertz CT molecular complexity index is 795. The number of hydrogen-bond donors (Lipinski definition) is 0. The minimum absolute atomic E-state index is 0.0597. The molecule has 27 heavy (non-hydrogen) atoms. The highest BCUT2D eigenvalue weighted by atomic mass is 35.5. The van der Waals surface area contributed by atoms with Crippen LogP contribution in [0.1, 0.15) is 42.5 Å². The van der Waals surface area contributed by atoms with Gasteiger partial charge in [-0.1, -0.05) is 11.6 Å². The van der Waals surface area contributed by atoms with Gasteiger partial charge in [-0.3, -0.25) is 9.59 Å². The van der Waals surface area contributed by atoms with E-state index in [9.17, 15) is 9.59 Å². The first-order valence-electron chi connectivity index (χ1n) is 9.90. The maximum absolute atomic E-state index is 13.2. The van der Waals surface area contributed by atoms with Gasteiger partial charge in [-0.25, -0.2) is 0 Å². The summed E-state index contributed by atoms with van der Waals surface area (Å²) in [5.74, 6) is 0.0372. The van der Waals surface area contributed by atoms with Crippen molar-refractivity contribution in [1.29, 1.82) is 0 Å². The number of ether oxygens (including phenoxy) is 1. The molecule has 7 heteroatoms. The van der Waals surface area contributed by atoms with E-state index in [1.807, 2.05) is 21.9 Å². The lowest BCUT2D eigenvalue weighted by Crippen LogP contribution is -2.56. The van der Waals surface area contributed by atoms with Crippen LogP contribution < -0.4 is 4.90 Å². The summed E-state index contributed by atoms with van der Waals surface area (Å²) in [6, 6.07) is 5.40. The number of carbonyl (C=O) groups excluding carboxylic acids is 2. The topological polar surface area (TPSA) is 53.1 Å². The van der Waals surface area contributed by atoms with Gasteiger partial charge >= 0.3 is 0 Å². The second-order valence-electron chi connectivity index (χ2n) is 7.92. The molecule has 0 bridgehead atoms. The number of amides is 2. The third kappa shape index (κ3) is 2.57. The molecule has 0 unspecified atom stereocenters. The number of nitrogens with zero attached hydrogens (tertiary/aromatic N) is 3. The second-order valence-corrected chi connectivity index (χ2v) is 8.33. The van der Waals surface area contributed by atoms with E-state index in [1.165, 1.54) is 12.8 Å². The minimum atomic E-state index is -0.607. The first-order chi connectivity index (χ1) is 13.1. The second kappa shape index (κ2) is 6.38. The van der Waals surface area contributed by atoms with Crippen molar-refractivity contribution >= 4 is 29.1 Å². The predicted molar refractivity (Wildman–Crippen MR) is 102 cm³/mol. The maximum Gasteiger partial charge on any atom is 0.254 e. The lowest BCUT2D eigenvalue weighted by molar-refractivity contribution is -0.179. The lowest BCUT2D eigenvalue weighted by atomic mass is 10.0. The Morgan fingerprint density at radius 2 is 1.96 bits per heavy atom. The van der Waals surface area contributed by atoms with Crippen LogP contribution in [0.3, 0.4) is 0 Å². The zero-order chi connectivity index (χ0) is 18.6. The SMILES string of the molecule is O=C(c1ccc(N2CCCC2)c(Cl)c1)N1CC[C@@]23OCCCN2C(=O)C[C@@H]13. The molecule has 0 aromatic heterocycles. The molecule has 4 saturated heterocycles. The van der Waals surface area contributed by atoms with Gasteiger partial charge in [0.05, 0.1) is 29.8 Å². The molecular weight excluding hydrogens is 366 g/mol. The van der Waals surface area contributed by atoms with Crippen LogP contribution in [-0.4, -0.2) is 66.2 Å². The third-order valence-corrected chi connectivity index (χ3v) is 6.82. The van der Waals surface area contributed by atoms with E-state index in [1.54, 1.807) is 6.07 Å². The Morgan fingerprint density at radius 3 is 2.74 bits per heavy atom. The van der Waals surface area contributed by atoms with Crippen molar-refractivity contribution in [2.75, 3.05) is 37.7 Å². The Morgan fingerprint density at radius 1 is 1.15 bits per heavy atom. The van der Waals surface area contributed by atoms with Crippen LogP contribution >= 0.6 is 11.6 Å². The van der Waals surface area contributed by atoms with Crippen molar-refractivity contribution in [3.63, 3.8) is 0 Å². The molecular formula is C20H24ClN3O3. The van der Waals surface area contributed by atoms with Crippen LogP contribution in [0.4, 0.5) is 5.69 Å². The highest BCUT2D eigenvalue weighted by molar-refractivity contribution is 6.33. The van der Waals surface area contributed by atoms with Gasteiger partial charge in [0.1, 0.15) is 0 Å². The molecule has 1 aromatic carbocycles. The summed E-state index contributed by atoms with van der Waals surface area (Å²) in [5.41, 5.74) is 0.979. The van der Waals surface area contributed by atoms with Crippen LogP contribution in [0, 0.1) is 0 Å². The van der Waals surface area contributed by atoms with Crippen molar-refractivity contribution in [2.45, 2.75) is 43.9 Å². The molecule has 4 fully saturated rings. The van der Waals surface area contributed by atoms with E-state index in [4.69, 9.17) is 16.3 Å². The molecule has 2 amide bonds. The minimum Gasteiger partial charge on any atom is -0.370 e. The van der Waals surface area contributed by atoms with Crippen molar-refractivity contribution in [1.82, 2.24) is 9.80 Å². The molecule has 0 N–H and O–H groups in total. The van der Waals surface area contributed by atoms with Gasteiger partial charge in [0.15, 0.2) is 5.72 Å². The number of anilines is 1. The molecule has 2 atom stereocenters. The summed E-state index contributed by atoms with van der Waals surface area (Å²) < 4.78 is 6.09. The van der Waals surface area contributed by atoms with E-state index >= 15 is 0 Å². The number of halogens is 1. The molecule has 4 aliphatic heterocycles. The van der Waals surface area contributed by atoms with E-state index in [0.717, 1.165) is 31.7 Å². The summed E-state index contributed by atoms with van der Waals surface area (Å²) >= 11 is 6.50. The summed E-state index contributed by atoms with van der Waals surface area (Å²) in [5, 5.41) is 0.620. The van der Waals surface area contributed by atoms with Gasteiger partial charge in [0.2, 0.25) is 5.91 Å². The highest BCUT2D eigenvalue weighted by Gasteiger charge is 2.61. The number of benzene rings is 1. The van der Waals surface area contributed by atoms with Crippen LogP contribution in [0.2, 0.25) is 5.02 Å². The van der Waals surface area contributed by atoms with Gasteiger partial charge in [-0.15, -0.1) is 0 Å². The summed E-state index contributed by atoms with van der Waals surface area (Å²) in [7, 11) is 0. The average Bonchev–Trinajstić information content (AvgIpc) is 3.36. The van der Waals surface area contributed by atoms with Crippen molar-refractivity contribution in [3.8, 4) is 0 Å². The number of carbonyl (C=O) groups is 2. The smallest absolute Gasteiger partial charge is 0.254 e. The average molecular weight is 390 g/mol. The Kier molecular flexibility index (Phi) is 4.09. The molecule has 5 rings (SSSR count). The standard InChI is InChI=1S/C20H24ClN3O3/c21-15-12-14(4-5-16(15)22-7-1-2-8-22)19(26)23-10-6-20-17(23)13-18(25)24(20)9-3-11-27-20/h4-5,12,17H,1-3,6-11,13H2/t17-,20+/m1/s1. The molecule has 4 aliphatic rings. The summed E-state index contributed by atoms with van der Waals surface area (Å²) in [6.45, 7) is 4.02. The van der Waals surface area contributed by atoms with E-state index in [0.29, 0.717) is 36.6 Å². The van der Waals surface area contributed by atoms with Crippen molar-refractivity contribution < 1.29 is 14.3 Å². The number of rotatable bonds is 2. The molecule has 6 nitrogen and oxygen atoms in total. The monoisotopic (exact) mass is 389 g/mol. The van der Waals surface area contributed by atoms with Gasteiger partial charge in [0, 0.05) is 38.2 Å². The molecule has 0 aliphatic carbocycles. The van der Waals surface area contributed by atoms with E-state index < -0.39 is 5.72 Å².